The summed E-state index contributed by atoms with van der Waals surface area (Å²) in [6, 6.07) is 48.3. The zero-order chi connectivity index (χ0) is 24.4. The number of ether oxygens (including phenoxy) is 2. The molecule has 0 saturated heterocycles. The van der Waals surface area contributed by atoms with E-state index in [4.69, 9.17) is 9.47 Å². The van der Waals surface area contributed by atoms with Crippen molar-refractivity contribution < 1.29 is 9.47 Å². The highest BCUT2D eigenvalue weighted by Gasteiger charge is 2.13. The van der Waals surface area contributed by atoms with Gasteiger partial charge in [-0.25, -0.2) is 0 Å². The van der Waals surface area contributed by atoms with E-state index in [1.165, 1.54) is 0 Å². The van der Waals surface area contributed by atoms with E-state index in [-0.39, 0.29) is 0 Å². The number of hydrogen-bond donors (Lipinski definition) is 0. The van der Waals surface area contributed by atoms with Crippen molar-refractivity contribution in [1.82, 2.24) is 0 Å². The van der Waals surface area contributed by atoms with Crippen LogP contribution in [0.2, 0.25) is 0 Å². The predicted molar refractivity (Wildman–Crippen MR) is 149 cm³/mol. The number of rotatable bonds is 8. The van der Waals surface area contributed by atoms with Crippen LogP contribution in [0.1, 0.15) is 22.3 Å². The maximum atomic E-state index is 6.53. The molecule has 5 aromatic rings. The molecule has 0 heterocycles. The Labute approximate surface area is 212 Å². The van der Waals surface area contributed by atoms with Crippen molar-refractivity contribution in [1.29, 1.82) is 0 Å². The second-order valence-electron chi connectivity index (χ2n) is 8.22. The van der Waals surface area contributed by atoms with Gasteiger partial charge in [0.2, 0.25) is 0 Å². The van der Waals surface area contributed by atoms with Crippen molar-refractivity contribution in [2.45, 2.75) is 0 Å². The van der Waals surface area contributed by atoms with Gasteiger partial charge in [-0.3, -0.25) is 0 Å². The first-order valence-electron chi connectivity index (χ1n) is 11.9. The van der Waals surface area contributed by atoms with Gasteiger partial charge in [0.25, 0.3) is 0 Å². The quantitative estimate of drug-likeness (QED) is 0.168. The number of benzene rings is 5. The number of para-hydroxylation sites is 2. The fourth-order valence-corrected chi connectivity index (χ4v) is 3.81. The first-order chi connectivity index (χ1) is 17.8. The number of hydrogen-bond acceptors (Lipinski definition) is 2. The molecular weight excluding hydrogens is 440 g/mol. The molecule has 0 aliphatic rings. The molecule has 5 rings (SSSR count). The van der Waals surface area contributed by atoms with E-state index in [9.17, 15) is 0 Å². The van der Waals surface area contributed by atoms with Crippen LogP contribution in [-0.2, 0) is 0 Å². The van der Waals surface area contributed by atoms with Gasteiger partial charge in [0.1, 0.15) is 11.5 Å². The lowest BCUT2D eigenvalue weighted by molar-refractivity contribution is 0.451. The van der Waals surface area contributed by atoms with Crippen LogP contribution in [0.4, 0.5) is 0 Å². The molecule has 0 aliphatic carbocycles. The van der Waals surface area contributed by atoms with Crippen molar-refractivity contribution in [3.05, 3.63) is 168 Å². The van der Waals surface area contributed by atoms with Crippen LogP contribution in [-0.4, -0.2) is 0 Å². The van der Waals surface area contributed by atoms with E-state index >= 15 is 0 Å². The molecule has 0 spiro atoms. The second-order valence-corrected chi connectivity index (χ2v) is 8.22. The van der Waals surface area contributed by atoms with Gasteiger partial charge in [-0.1, -0.05) is 133 Å². The summed E-state index contributed by atoms with van der Waals surface area (Å²) in [5.74, 6) is 2.76. The van der Waals surface area contributed by atoms with Crippen molar-refractivity contribution >= 4 is 23.7 Å². The molecule has 5 aromatic carbocycles. The van der Waals surface area contributed by atoms with E-state index in [1.807, 2.05) is 133 Å². The SMILES string of the molecule is C(=C(/Oc1ccccc1O/C(=C\c1ccccc1)c1ccccc1)c1ccccc1)/c1ccccc1. The first kappa shape index (κ1) is 22.9. The fraction of sp³-hybridized carbons (Fsp3) is 0. The highest BCUT2D eigenvalue weighted by molar-refractivity contribution is 5.80. The van der Waals surface area contributed by atoms with Crippen LogP contribution in [0, 0.1) is 0 Å². The summed E-state index contributed by atoms with van der Waals surface area (Å²) in [5.41, 5.74) is 4.09. The Morgan fingerprint density at radius 3 is 1.03 bits per heavy atom. The lowest BCUT2D eigenvalue weighted by Crippen LogP contribution is -2.00. The van der Waals surface area contributed by atoms with E-state index in [2.05, 4.69) is 24.3 Å². The summed E-state index contributed by atoms with van der Waals surface area (Å²) in [4.78, 5) is 0. The maximum Gasteiger partial charge on any atom is 0.169 e. The van der Waals surface area contributed by atoms with E-state index in [1.54, 1.807) is 0 Å². The predicted octanol–water partition coefficient (Wildman–Crippen LogP) is 8.84. The molecule has 174 valence electrons. The van der Waals surface area contributed by atoms with Gasteiger partial charge in [-0.05, 0) is 35.4 Å². The Hall–Kier alpha value is -4.82. The molecular formula is C34H26O2. The minimum Gasteiger partial charge on any atom is -0.453 e. The zero-order valence-electron chi connectivity index (χ0n) is 19.8. The third-order valence-electron chi connectivity index (χ3n) is 5.60. The van der Waals surface area contributed by atoms with Crippen molar-refractivity contribution in [3.63, 3.8) is 0 Å². The summed E-state index contributed by atoms with van der Waals surface area (Å²) >= 11 is 0. The van der Waals surface area contributed by atoms with Crippen LogP contribution in [0.3, 0.4) is 0 Å². The summed E-state index contributed by atoms with van der Waals surface area (Å²) < 4.78 is 13.1. The molecule has 36 heavy (non-hydrogen) atoms. The minimum atomic E-state index is 0.637. The summed E-state index contributed by atoms with van der Waals surface area (Å²) in [5, 5.41) is 0. The van der Waals surface area contributed by atoms with E-state index in [0.29, 0.717) is 11.5 Å². The highest BCUT2D eigenvalue weighted by atomic mass is 16.5. The molecule has 0 fully saturated rings. The summed E-state index contributed by atoms with van der Waals surface area (Å²) in [6.07, 6.45) is 4.09. The monoisotopic (exact) mass is 466 g/mol. The van der Waals surface area contributed by atoms with Crippen LogP contribution >= 0.6 is 0 Å². The third kappa shape index (κ3) is 5.99. The standard InChI is InChI=1S/C34H26O2/c1-5-15-27(16-6-1)25-33(29-19-9-3-10-20-29)35-31-23-13-14-24-32(31)36-34(30-21-11-4-12-22-30)26-28-17-7-2-8-18-28/h1-26H/b33-25-,34-26-. The van der Waals surface area contributed by atoms with Crippen LogP contribution < -0.4 is 9.47 Å². The highest BCUT2D eigenvalue weighted by Crippen LogP contribution is 2.35. The molecule has 2 nitrogen and oxygen atoms in total. The van der Waals surface area contributed by atoms with Gasteiger partial charge in [-0.15, -0.1) is 0 Å². The maximum absolute atomic E-state index is 6.53. The lowest BCUT2D eigenvalue weighted by Gasteiger charge is -2.17. The Morgan fingerprint density at radius 1 is 0.361 bits per heavy atom. The van der Waals surface area contributed by atoms with Gasteiger partial charge in [0.05, 0.1) is 0 Å². The zero-order valence-corrected chi connectivity index (χ0v) is 19.8. The molecule has 0 aromatic heterocycles. The average Bonchev–Trinajstić information content (AvgIpc) is 2.95. The minimum absolute atomic E-state index is 0.637. The van der Waals surface area contributed by atoms with Gasteiger partial charge in [0, 0.05) is 11.1 Å². The van der Waals surface area contributed by atoms with Gasteiger partial charge >= 0.3 is 0 Å². The smallest absolute Gasteiger partial charge is 0.169 e. The summed E-state index contributed by atoms with van der Waals surface area (Å²) in [6.45, 7) is 0. The summed E-state index contributed by atoms with van der Waals surface area (Å²) in [7, 11) is 0. The van der Waals surface area contributed by atoms with Crippen LogP contribution in [0.5, 0.6) is 11.5 Å². The molecule has 0 bridgehead atoms. The van der Waals surface area contributed by atoms with Crippen molar-refractivity contribution in [2.24, 2.45) is 0 Å². The average molecular weight is 467 g/mol. The second kappa shape index (κ2) is 11.5. The van der Waals surface area contributed by atoms with E-state index in [0.717, 1.165) is 33.8 Å². The van der Waals surface area contributed by atoms with Crippen LogP contribution in [0.15, 0.2) is 146 Å². The van der Waals surface area contributed by atoms with Crippen molar-refractivity contribution in [2.75, 3.05) is 0 Å². The van der Waals surface area contributed by atoms with Gasteiger partial charge in [0.15, 0.2) is 11.5 Å². The topological polar surface area (TPSA) is 18.5 Å². The van der Waals surface area contributed by atoms with Crippen LogP contribution in [0.25, 0.3) is 23.7 Å². The molecule has 0 aliphatic heterocycles. The molecule has 0 amide bonds. The molecule has 0 unspecified atom stereocenters. The Bertz CT molecular complexity index is 1320. The van der Waals surface area contributed by atoms with Crippen molar-refractivity contribution in [3.8, 4) is 11.5 Å². The third-order valence-corrected chi connectivity index (χ3v) is 5.60. The molecule has 2 heteroatoms. The Morgan fingerprint density at radius 2 is 0.667 bits per heavy atom. The molecule has 0 atom stereocenters. The van der Waals surface area contributed by atoms with E-state index < -0.39 is 0 Å². The molecule has 0 N–H and O–H groups in total. The normalized spacial score (nSPS) is 11.7. The first-order valence-corrected chi connectivity index (χ1v) is 11.9. The fourth-order valence-electron chi connectivity index (χ4n) is 3.81. The lowest BCUT2D eigenvalue weighted by atomic mass is 10.1. The molecule has 0 radical (unpaired) electrons. The Balaban J connectivity index is 1.52. The molecule has 0 saturated carbocycles. The largest absolute Gasteiger partial charge is 0.453 e. The van der Waals surface area contributed by atoms with Gasteiger partial charge < -0.3 is 9.47 Å². The Kier molecular flexibility index (Phi) is 7.36. The van der Waals surface area contributed by atoms with Gasteiger partial charge in [-0.2, -0.15) is 0 Å².